The van der Waals surface area contributed by atoms with Crippen LogP contribution in [0.4, 0.5) is 0 Å². The lowest BCUT2D eigenvalue weighted by Crippen LogP contribution is -2.10. The van der Waals surface area contributed by atoms with Gasteiger partial charge >= 0.3 is 0 Å². The quantitative estimate of drug-likeness (QED) is 0.797. The normalized spacial score (nSPS) is 18.1. The van der Waals surface area contributed by atoms with Gasteiger partial charge in [0.1, 0.15) is 0 Å². The number of aliphatic hydroxyl groups excluding tert-OH is 1. The van der Waals surface area contributed by atoms with E-state index in [2.05, 4.69) is 63.2 Å². The molecule has 0 spiro atoms. The van der Waals surface area contributed by atoms with Gasteiger partial charge in [-0.2, -0.15) is 0 Å². The maximum Gasteiger partial charge on any atom is 0.0801 e. The van der Waals surface area contributed by atoms with Gasteiger partial charge in [-0.25, -0.2) is 0 Å². The molecule has 0 saturated heterocycles. The van der Waals surface area contributed by atoms with Gasteiger partial charge in [0.05, 0.1) is 6.10 Å². The van der Waals surface area contributed by atoms with E-state index in [-0.39, 0.29) is 11.5 Å². The first-order chi connectivity index (χ1) is 9.47. The largest absolute Gasteiger partial charge is 0.388 e. The highest BCUT2D eigenvalue weighted by atomic mass is 16.3. The summed E-state index contributed by atoms with van der Waals surface area (Å²) >= 11 is 0. The number of hydrogen-bond donors (Lipinski definition) is 1. The Bertz CT molecular complexity index is 617. The van der Waals surface area contributed by atoms with Crippen LogP contribution < -0.4 is 0 Å². The van der Waals surface area contributed by atoms with Gasteiger partial charge < -0.3 is 5.11 Å². The third kappa shape index (κ3) is 2.27. The van der Waals surface area contributed by atoms with E-state index < -0.39 is 0 Å². The van der Waals surface area contributed by atoms with Crippen molar-refractivity contribution in [1.82, 2.24) is 0 Å². The molecule has 1 atom stereocenters. The predicted molar refractivity (Wildman–Crippen MR) is 83.9 cm³/mol. The van der Waals surface area contributed by atoms with Crippen LogP contribution in [0.3, 0.4) is 0 Å². The molecule has 1 aliphatic rings. The van der Waals surface area contributed by atoms with Crippen LogP contribution in [0.5, 0.6) is 0 Å². The van der Waals surface area contributed by atoms with Crippen molar-refractivity contribution in [3.63, 3.8) is 0 Å². The van der Waals surface area contributed by atoms with Crippen LogP contribution in [0.2, 0.25) is 0 Å². The molecule has 3 rings (SSSR count). The minimum Gasteiger partial charge on any atom is -0.388 e. The zero-order valence-electron chi connectivity index (χ0n) is 12.5. The van der Waals surface area contributed by atoms with E-state index in [0.29, 0.717) is 0 Å². The Hall–Kier alpha value is -1.60. The fourth-order valence-corrected chi connectivity index (χ4v) is 3.06. The standard InChI is InChI=1S/C19H22O/c1-19(2,3)15-10-7-13(8-11-15)16-6-4-5-14-9-12-17(20)18(14)16/h4-8,10-11,17,20H,9,12H2,1-3H3. The summed E-state index contributed by atoms with van der Waals surface area (Å²) in [7, 11) is 0. The van der Waals surface area contributed by atoms with Crippen LogP contribution in [0.25, 0.3) is 11.1 Å². The molecule has 0 radical (unpaired) electrons. The Labute approximate surface area is 121 Å². The molecule has 104 valence electrons. The van der Waals surface area contributed by atoms with Crippen molar-refractivity contribution in [3.8, 4) is 11.1 Å². The Morgan fingerprint density at radius 3 is 2.35 bits per heavy atom. The highest BCUT2D eigenvalue weighted by Gasteiger charge is 2.23. The molecule has 0 fully saturated rings. The van der Waals surface area contributed by atoms with E-state index in [0.717, 1.165) is 18.4 Å². The molecule has 0 saturated carbocycles. The third-order valence-corrected chi connectivity index (χ3v) is 4.28. The van der Waals surface area contributed by atoms with Crippen molar-refractivity contribution in [3.05, 3.63) is 59.2 Å². The topological polar surface area (TPSA) is 20.2 Å². The molecule has 20 heavy (non-hydrogen) atoms. The SMILES string of the molecule is CC(C)(C)c1ccc(-c2cccc3c2C(O)CC3)cc1. The van der Waals surface area contributed by atoms with Crippen LogP contribution in [0, 0.1) is 0 Å². The molecule has 1 unspecified atom stereocenters. The molecule has 1 heteroatoms. The van der Waals surface area contributed by atoms with Gasteiger partial charge in [-0.15, -0.1) is 0 Å². The number of benzene rings is 2. The highest BCUT2D eigenvalue weighted by Crippen LogP contribution is 2.38. The molecule has 0 bridgehead atoms. The van der Waals surface area contributed by atoms with Crippen molar-refractivity contribution in [2.45, 2.75) is 45.1 Å². The monoisotopic (exact) mass is 266 g/mol. The Morgan fingerprint density at radius 2 is 1.70 bits per heavy atom. The molecule has 2 aromatic carbocycles. The summed E-state index contributed by atoms with van der Waals surface area (Å²) in [4.78, 5) is 0. The average molecular weight is 266 g/mol. The lowest BCUT2D eigenvalue weighted by atomic mass is 9.85. The fraction of sp³-hybridized carbons (Fsp3) is 0.368. The second-order valence-corrected chi connectivity index (χ2v) is 6.76. The van der Waals surface area contributed by atoms with Gasteiger partial charge in [0.2, 0.25) is 0 Å². The van der Waals surface area contributed by atoms with Crippen molar-refractivity contribution in [2.75, 3.05) is 0 Å². The van der Waals surface area contributed by atoms with Crippen LogP contribution in [0.1, 0.15) is 50.0 Å². The first kappa shape index (κ1) is 13.4. The van der Waals surface area contributed by atoms with Gasteiger partial charge in [-0.3, -0.25) is 0 Å². The molecular weight excluding hydrogens is 244 g/mol. The Morgan fingerprint density at radius 1 is 1.00 bits per heavy atom. The third-order valence-electron chi connectivity index (χ3n) is 4.28. The fourth-order valence-electron chi connectivity index (χ4n) is 3.06. The van der Waals surface area contributed by atoms with Crippen LogP contribution >= 0.6 is 0 Å². The first-order valence-electron chi connectivity index (χ1n) is 7.37. The number of aliphatic hydroxyl groups is 1. The second-order valence-electron chi connectivity index (χ2n) is 6.76. The van der Waals surface area contributed by atoms with Crippen LogP contribution in [0.15, 0.2) is 42.5 Å². The molecular formula is C19H22O. The molecule has 1 N–H and O–H groups in total. The van der Waals surface area contributed by atoms with E-state index in [1.807, 2.05) is 0 Å². The van der Waals surface area contributed by atoms with Crippen molar-refractivity contribution >= 4 is 0 Å². The van der Waals surface area contributed by atoms with Crippen molar-refractivity contribution < 1.29 is 5.11 Å². The predicted octanol–water partition coefficient (Wildman–Crippen LogP) is 4.63. The van der Waals surface area contributed by atoms with Crippen LogP contribution in [-0.2, 0) is 11.8 Å². The highest BCUT2D eigenvalue weighted by molar-refractivity contribution is 5.70. The summed E-state index contributed by atoms with van der Waals surface area (Å²) in [6.45, 7) is 6.68. The Balaban J connectivity index is 2.05. The summed E-state index contributed by atoms with van der Waals surface area (Å²) in [5, 5.41) is 10.2. The van der Waals surface area contributed by atoms with E-state index in [9.17, 15) is 5.11 Å². The molecule has 1 aliphatic carbocycles. The summed E-state index contributed by atoms with van der Waals surface area (Å²) in [5.41, 5.74) is 6.35. The smallest absolute Gasteiger partial charge is 0.0801 e. The maximum absolute atomic E-state index is 10.2. The van der Waals surface area contributed by atoms with Gasteiger partial charge in [0.15, 0.2) is 0 Å². The molecule has 0 aromatic heterocycles. The summed E-state index contributed by atoms with van der Waals surface area (Å²) in [5.74, 6) is 0. The van der Waals surface area contributed by atoms with Gasteiger partial charge in [0.25, 0.3) is 0 Å². The van der Waals surface area contributed by atoms with Crippen LogP contribution in [-0.4, -0.2) is 5.11 Å². The van der Waals surface area contributed by atoms with E-state index in [4.69, 9.17) is 0 Å². The zero-order chi connectivity index (χ0) is 14.3. The second kappa shape index (κ2) is 4.75. The van der Waals surface area contributed by atoms with E-state index >= 15 is 0 Å². The average Bonchev–Trinajstić information content (AvgIpc) is 2.80. The number of hydrogen-bond acceptors (Lipinski definition) is 1. The molecule has 0 amide bonds. The van der Waals surface area contributed by atoms with Gasteiger partial charge in [-0.05, 0) is 46.1 Å². The van der Waals surface area contributed by atoms with E-state index in [1.165, 1.54) is 22.3 Å². The summed E-state index contributed by atoms with van der Waals surface area (Å²) < 4.78 is 0. The molecule has 1 nitrogen and oxygen atoms in total. The first-order valence-corrected chi connectivity index (χ1v) is 7.37. The lowest BCUT2D eigenvalue weighted by molar-refractivity contribution is 0.180. The summed E-state index contributed by atoms with van der Waals surface area (Å²) in [6.07, 6.45) is 1.54. The molecule has 2 aromatic rings. The van der Waals surface area contributed by atoms with Gasteiger partial charge in [0, 0.05) is 0 Å². The van der Waals surface area contributed by atoms with E-state index in [1.54, 1.807) is 0 Å². The number of rotatable bonds is 1. The molecule has 0 heterocycles. The lowest BCUT2D eigenvalue weighted by Gasteiger charge is -2.19. The van der Waals surface area contributed by atoms with Crippen molar-refractivity contribution in [1.29, 1.82) is 0 Å². The molecule has 0 aliphatic heterocycles. The number of fused-ring (bicyclic) bond motifs is 1. The number of aryl methyl sites for hydroxylation is 1. The summed E-state index contributed by atoms with van der Waals surface area (Å²) in [6, 6.07) is 15.1. The Kier molecular flexibility index (Phi) is 3.18. The minimum atomic E-state index is -0.302. The van der Waals surface area contributed by atoms with Crippen molar-refractivity contribution in [2.24, 2.45) is 0 Å². The maximum atomic E-state index is 10.2. The minimum absolute atomic E-state index is 0.177. The zero-order valence-corrected chi connectivity index (χ0v) is 12.5. The van der Waals surface area contributed by atoms with Gasteiger partial charge in [-0.1, -0.05) is 63.2 Å².